The fourth-order valence-electron chi connectivity index (χ4n) is 2.90. The largest absolute Gasteiger partial charge is 0.435 e. The summed E-state index contributed by atoms with van der Waals surface area (Å²) in [5.74, 6) is -1.07. The van der Waals surface area contributed by atoms with E-state index in [2.05, 4.69) is 15.7 Å². The lowest BCUT2D eigenvalue weighted by molar-refractivity contribution is -0.141. The molecule has 4 N–H and O–H groups in total. The van der Waals surface area contributed by atoms with Crippen molar-refractivity contribution in [3.05, 3.63) is 83.2 Å². The van der Waals surface area contributed by atoms with Crippen LogP contribution in [0.2, 0.25) is 0 Å². The predicted molar refractivity (Wildman–Crippen MR) is 112 cm³/mol. The highest BCUT2D eigenvalue weighted by atomic mass is 19.4. The standard InChI is InChI=1S/C22H22F3N5O2/c1-14(26)20(31)27-13-16-8-5-9-17(10-16)30-18(11-19(29-30)22(23,24)25)21(32)28-12-15-6-3-2-4-7-15/h2-11,14H,12-13,26H2,1H3,(H,27,31)(H,28,32). The number of carbonyl (C=O) groups excluding carboxylic acids is 2. The molecule has 0 spiro atoms. The van der Waals surface area contributed by atoms with E-state index < -0.39 is 23.8 Å². The molecule has 0 saturated carbocycles. The van der Waals surface area contributed by atoms with E-state index in [1.54, 1.807) is 42.5 Å². The number of alkyl halides is 3. The van der Waals surface area contributed by atoms with Crippen LogP contribution in [0.3, 0.4) is 0 Å². The first-order valence-corrected chi connectivity index (χ1v) is 9.77. The Hall–Kier alpha value is -3.66. The van der Waals surface area contributed by atoms with Crippen molar-refractivity contribution >= 4 is 11.8 Å². The third kappa shape index (κ3) is 5.73. The first-order chi connectivity index (χ1) is 15.1. The number of hydrogen-bond donors (Lipinski definition) is 3. The van der Waals surface area contributed by atoms with E-state index in [9.17, 15) is 22.8 Å². The molecule has 2 amide bonds. The number of nitrogens with one attached hydrogen (secondary N) is 2. The Morgan fingerprint density at radius 2 is 1.66 bits per heavy atom. The molecule has 1 aromatic heterocycles. The minimum Gasteiger partial charge on any atom is -0.351 e. The molecule has 0 aliphatic rings. The highest BCUT2D eigenvalue weighted by Gasteiger charge is 2.36. The van der Waals surface area contributed by atoms with Gasteiger partial charge >= 0.3 is 6.18 Å². The third-order valence-electron chi connectivity index (χ3n) is 4.56. The van der Waals surface area contributed by atoms with E-state index >= 15 is 0 Å². The van der Waals surface area contributed by atoms with Crippen LogP contribution in [0.5, 0.6) is 0 Å². The normalized spacial score (nSPS) is 12.3. The number of amides is 2. The minimum absolute atomic E-state index is 0.122. The SMILES string of the molecule is CC(N)C(=O)NCc1cccc(-n2nc(C(F)(F)F)cc2C(=O)NCc2ccccc2)c1. The van der Waals surface area contributed by atoms with Crippen LogP contribution in [-0.4, -0.2) is 27.6 Å². The zero-order valence-corrected chi connectivity index (χ0v) is 17.2. The number of benzene rings is 2. The molecular weight excluding hydrogens is 423 g/mol. The lowest BCUT2D eigenvalue weighted by Crippen LogP contribution is -2.37. The molecule has 0 aliphatic carbocycles. The maximum atomic E-state index is 13.3. The van der Waals surface area contributed by atoms with E-state index in [0.29, 0.717) is 11.6 Å². The van der Waals surface area contributed by atoms with Gasteiger partial charge in [-0.1, -0.05) is 42.5 Å². The number of nitrogens with two attached hydrogens (primary N) is 1. The summed E-state index contributed by atoms with van der Waals surface area (Å²) in [5, 5.41) is 8.86. The molecule has 0 fully saturated rings. The molecule has 0 aliphatic heterocycles. The molecule has 7 nitrogen and oxygen atoms in total. The van der Waals surface area contributed by atoms with Crippen molar-refractivity contribution in [2.24, 2.45) is 5.73 Å². The van der Waals surface area contributed by atoms with Gasteiger partial charge in [-0.2, -0.15) is 18.3 Å². The van der Waals surface area contributed by atoms with Crippen LogP contribution in [0.4, 0.5) is 13.2 Å². The zero-order chi connectivity index (χ0) is 23.3. The minimum atomic E-state index is -4.72. The molecule has 0 radical (unpaired) electrons. The predicted octanol–water partition coefficient (Wildman–Crippen LogP) is 2.78. The van der Waals surface area contributed by atoms with Crippen LogP contribution < -0.4 is 16.4 Å². The van der Waals surface area contributed by atoms with E-state index in [4.69, 9.17) is 5.73 Å². The Balaban J connectivity index is 1.88. The van der Waals surface area contributed by atoms with Gasteiger partial charge in [0.2, 0.25) is 5.91 Å². The number of nitrogens with zero attached hydrogens (tertiary/aromatic N) is 2. The molecule has 0 saturated heterocycles. The lowest BCUT2D eigenvalue weighted by Gasteiger charge is -2.11. The van der Waals surface area contributed by atoms with Gasteiger partial charge in [-0.05, 0) is 30.2 Å². The second kappa shape index (κ2) is 9.65. The smallest absolute Gasteiger partial charge is 0.351 e. The summed E-state index contributed by atoms with van der Waals surface area (Å²) in [5.41, 5.74) is 5.73. The lowest BCUT2D eigenvalue weighted by atomic mass is 10.2. The topological polar surface area (TPSA) is 102 Å². The third-order valence-corrected chi connectivity index (χ3v) is 4.56. The highest BCUT2D eigenvalue weighted by molar-refractivity contribution is 5.93. The van der Waals surface area contributed by atoms with Crippen LogP contribution in [0.1, 0.15) is 34.2 Å². The van der Waals surface area contributed by atoms with Crippen molar-refractivity contribution < 1.29 is 22.8 Å². The van der Waals surface area contributed by atoms with Crippen molar-refractivity contribution in [3.63, 3.8) is 0 Å². The summed E-state index contributed by atoms with van der Waals surface area (Å²) in [7, 11) is 0. The zero-order valence-electron chi connectivity index (χ0n) is 17.2. The molecule has 1 atom stereocenters. The summed E-state index contributed by atoms with van der Waals surface area (Å²) >= 11 is 0. The second-order valence-electron chi connectivity index (χ2n) is 7.17. The van der Waals surface area contributed by atoms with Gasteiger partial charge in [0.15, 0.2) is 5.69 Å². The van der Waals surface area contributed by atoms with Crippen LogP contribution in [0.25, 0.3) is 5.69 Å². The number of halogens is 3. The maximum Gasteiger partial charge on any atom is 0.435 e. The van der Waals surface area contributed by atoms with Crippen LogP contribution >= 0.6 is 0 Å². The Morgan fingerprint density at radius 3 is 2.31 bits per heavy atom. The molecule has 0 bridgehead atoms. The fourth-order valence-corrected chi connectivity index (χ4v) is 2.90. The van der Waals surface area contributed by atoms with Gasteiger partial charge in [-0.15, -0.1) is 0 Å². The van der Waals surface area contributed by atoms with Crippen molar-refractivity contribution in [2.45, 2.75) is 32.2 Å². The molecular formula is C22H22F3N5O2. The van der Waals surface area contributed by atoms with Crippen LogP contribution in [0, 0.1) is 0 Å². The van der Waals surface area contributed by atoms with Crippen molar-refractivity contribution in [1.29, 1.82) is 0 Å². The summed E-state index contributed by atoms with van der Waals surface area (Å²) in [4.78, 5) is 24.4. The molecule has 3 rings (SSSR count). The summed E-state index contributed by atoms with van der Waals surface area (Å²) in [6.07, 6.45) is -4.72. The Labute approximate surface area is 182 Å². The van der Waals surface area contributed by atoms with Crippen molar-refractivity contribution in [3.8, 4) is 5.69 Å². The first kappa shape index (κ1) is 23.0. The van der Waals surface area contributed by atoms with Crippen molar-refractivity contribution in [1.82, 2.24) is 20.4 Å². The molecule has 1 heterocycles. The quantitative estimate of drug-likeness (QED) is 0.521. The Kier molecular flexibility index (Phi) is 6.94. The molecule has 2 aromatic carbocycles. The molecule has 1 unspecified atom stereocenters. The molecule has 10 heteroatoms. The van der Waals surface area contributed by atoms with E-state index in [1.165, 1.54) is 13.0 Å². The molecule has 3 aromatic rings. The summed E-state index contributed by atoms with van der Waals surface area (Å²) in [6.45, 7) is 1.81. The summed E-state index contributed by atoms with van der Waals surface area (Å²) in [6, 6.07) is 15.4. The van der Waals surface area contributed by atoms with Gasteiger partial charge in [0, 0.05) is 19.2 Å². The van der Waals surface area contributed by atoms with Gasteiger partial charge < -0.3 is 16.4 Å². The van der Waals surface area contributed by atoms with Gasteiger partial charge in [-0.25, -0.2) is 4.68 Å². The van der Waals surface area contributed by atoms with Crippen LogP contribution in [-0.2, 0) is 24.1 Å². The van der Waals surface area contributed by atoms with Gasteiger partial charge in [0.1, 0.15) is 5.69 Å². The average molecular weight is 445 g/mol. The number of rotatable bonds is 7. The van der Waals surface area contributed by atoms with Gasteiger partial charge in [0.25, 0.3) is 5.91 Å². The number of hydrogen-bond acceptors (Lipinski definition) is 4. The molecule has 168 valence electrons. The monoisotopic (exact) mass is 445 g/mol. The number of carbonyl (C=O) groups is 2. The Bertz CT molecular complexity index is 1090. The van der Waals surface area contributed by atoms with E-state index in [0.717, 1.165) is 10.2 Å². The maximum absolute atomic E-state index is 13.3. The van der Waals surface area contributed by atoms with E-state index in [-0.39, 0.29) is 30.4 Å². The average Bonchev–Trinajstić information content (AvgIpc) is 3.23. The number of aromatic nitrogens is 2. The fraction of sp³-hybridized carbons (Fsp3) is 0.227. The van der Waals surface area contributed by atoms with Gasteiger partial charge in [0.05, 0.1) is 11.7 Å². The summed E-state index contributed by atoms with van der Waals surface area (Å²) < 4.78 is 40.9. The Morgan fingerprint density at radius 1 is 1.00 bits per heavy atom. The van der Waals surface area contributed by atoms with Crippen LogP contribution in [0.15, 0.2) is 60.7 Å². The highest BCUT2D eigenvalue weighted by Crippen LogP contribution is 2.29. The van der Waals surface area contributed by atoms with Crippen molar-refractivity contribution in [2.75, 3.05) is 0 Å². The van der Waals surface area contributed by atoms with E-state index in [1.807, 2.05) is 6.07 Å². The van der Waals surface area contributed by atoms with Gasteiger partial charge in [-0.3, -0.25) is 9.59 Å². The second-order valence-corrected chi connectivity index (χ2v) is 7.17. The first-order valence-electron chi connectivity index (χ1n) is 9.77. The molecule has 32 heavy (non-hydrogen) atoms.